The minimum atomic E-state index is -4.47. The van der Waals surface area contributed by atoms with Gasteiger partial charge in [0.1, 0.15) is 5.69 Å². The van der Waals surface area contributed by atoms with Crippen LogP contribution in [0.2, 0.25) is 0 Å². The molecule has 0 spiro atoms. The van der Waals surface area contributed by atoms with E-state index in [0.717, 1.165) is 29.1 Å². The average molecular weight is 406 g/mol. The molecular weight excluding hydrogens is 385 g/mol. The highest BCUT2D eigenvalue weighted by molar-refractivity contribution is 5.77. The minimum absolute atomic E-state index is 0.0170. The molecule has 1 N–H and O–H groups in total. The van der Waals surface area contributed by atoms with E-state index in [4.69, 9.17) is 0 Å². The number of amides is 1. The van der Waals surface area contributed by atoms with Gasteiger partial charge in [0.05, 0.1) is 24.5 Å². The number of hydrogen-bond acceptors (Lipinski definition) is 5. The summed E-state index contributed by atoms with van der Waals surface area (Å²) in [6.07, 6.45) is -2.95. The second-order valence-corrected chi connectivity index (χ2v) is 7.64. The molecule has 2 aromatic rings. The number of aliphatic hydroxyl groups excluding tert-OH is 1. The van der Waals surface area contributed by atoms with Crippen molar-refractivity contribution in [2.75, 3.05) is 18.0 Å². The van der Waals surface area contributed by atoms with Gasteiger partial charge in [-0.25, -0.2) is 0 Å². The zero-order valence-corrected chi connectivity index (χ0v) is 15.9. The molecule has 0 bridgehead atoms. The van der Waals surface area contributed by atoms with Crippen molar-refractivity contribution in [1.29, 1.82) is 0 Å². The summed E-state index contributed by atoms with van der Waals surface area (Å²) in [4.78, 5) is 24.0. The molecule has 0 unspecified atom stereocenters. The molecule has 154 valence electrons. The van der Waals surface area contributed by atoms with E-state index in [0.29, 0.717) is 44.0 Å². The first-order valence-corrected chi connectivity index (χ1v) is 9.39. The van der Waals surface area contributed by atoms with Crippen LogP contribution in [0.5, 0.6) is 0 Å². The molecule has 0 radical (unpaired) electrons. The minimum Gasteiger partial charge on any atom is -0.390 e. The van der Waals surface area contributed by atoms with Gasteiger partial charge in [0.25, 0.3) is 0 Å². The lowest BCUT2D eigenvalue weighted by molar-refractivity contribution is -0.141. The van der Waals surface area contributed by atoms with Crippen LogP contribution in [0, 0.1) is 12.8 Å². The van der Waals surface area contributed by atoms with Gasteiger partial charge in [0.2, 0.25) is 5.91 Å². The number of rotatable bonds is 4. The largest absolute Gasteiger partial charge is 0.433 e. The number of fused-ring (bicyclic) bond motifs is 1. The zero-order valence-electron chi connectivity index (χ0n) is 15.9. The number of pyridine rings is 2. The van der Waals surface area contributed by atoms with Crippen LogP contribution in [-0.2, 0) is 30.7 Å². The number of halogens is 3. The van der Waals surface area contributed by atoms with E-state index in [1.807, 2.05) is 17.9 Å². The van der Waals surface area contributed by atoms with Crippen LogP contribution >= 0.6 is 0 Å². The molecule has 1 amide bonds. The molecule has 4 rings (SSSR count). The molecule has 0 atom stereocenters. The fourth-order valence-electron chi connectivity index (χ4n) is 3.93. The standard InChI is InChI=1S/C20H21F3N4O2/c1-12-4-14(11-28)25-17-10-27(9-16(12)17)19(29)5-13-7-26(8-13)15-2-3-24-18(6-15)20(21,22)23/h2-4,6,13,28H,5,7-11H2,1H3. The average Bonchev–Trinajstić information content (AvgIpc) is 3.08. The summed E-state index contributed by atoms with van der Waals surface area (Å²) in [6.45, 7) is 3.83. The Balaban J connectivity index is 1.33. The zero-order chi connectivity index (χ0) is 20.8. The molecule has 6 nitrogen and oxygen atoms in total. The van der Waals surface area contributed by atoms with Crippen molar-refractivity contribution in [2.45, 2.75) is 39.2 Å². The number of carbonyl (C=O) groups excluding carboxylic acids is 1. The van der Waals surface area contributed by atoms with E-state index in [-0.39, 0.29) is 18.4 Å². The highest BCUT2D eigenvalue weighted by Crippen LogP contribution is 2.33. The summed E-state index contributed by atoms with van der Waals surface area (Å²) < 4.78 is 38.4. The van der Waals surface area contributed by atoms with Crippen molar-refractivity contribution in [3.63, 3.8) is 0 Å². The maximum absolute atomic E-state index is 12.8. The van der Waals surface area contributed by atoms with Crippen molar-refractivity contribution in [3.05, 3.63) is 52.6 Å². The van der Waals surface area contributed by atoms with E-state index in [2.05, 4.69) is 9.97 Å². The van der Waals surface area contributed by atoms with Crippen LogP contribution in [0.4, 0.5) is 18.9 Å². The second kappa shape index (κ2) is 7.29. The molecule has 0 aromatic carbocycles. The number of aromatic nitrogens is 2. The first kappa shape index (κ1) is 19.6. The second-order valence-electron chi connectivity index (χ2n) is 7.64. The Morgan fingerprint density at radius 1 is 1.28 bits per heavy atom. The molecule has 9 heteroatoms. The Bertz CT molecular complexity index is 942. The third kappa shape index (κ3) is 3.91. The lowest BCUT2D eigenvalue weighted by Gasteiger charge is -2.41. The summed E-state index contributed by atoms with van der Waals surface area (Å²) in [5, 5.41) is 9.29. The van der Waals surface area contributed by atoms with Crippen molar-refractivity contribution >= 4 is 11.6 Å². The van der Waals surface area contributed by atoms with Crippen LogP contribution in [0.3, 0.4) is 0 Å². The number of hydrogen-bond donors (Lipinski definition) is 1. The maximum Gasteiger partial charge on any atom is 0.433 e. The van der Waals surface area contributed by atoms with Gasteiger partial charge in [-0.15, -0.1) is 0 Å². The fraction of sp³-hybridized carbons (Fsp3) is 0.450. The Labute approximate surface area is 166 Å². The van der Waals surface area contributed by atoms with Crippen LogP contribution in [0.15, 0.2) is 24.4 Å². The first-order valence-electron chi connectivity index (χ1n) is 9.39. The first-order chi connectivity index (χ1) is 13.7. The van der Waals surface area contributed by atoms with Gasteiger partial charge >= 0.3 is 6.18 Å². The molecule has 1 saturated heterocycles. The fourth-order valence-corrected chi connectivity index (χ4v) is 3.93. The molecule has 0 saturated carbocycles. The molecule has 29 heavy (non-hydrogen) atoms. The Hall–Kier alpha value is -2.68. The van der Waals surface area contributed by atoms with Gasteiger partial charge in [0.15, 0.2) is 0 Å². The van der Waals surface area contributed by atoms with E-state index in [1.165, 1.54) is 0 Å². The van der Waals surface area contributed by atoms with Crippen molar-refractivity contribution in [3.8, 4) is 0 Å². The normalized spacial score (nSPS) is 16.7. The lowest BCUT2D eigenvalue weighted by Crippen LogP contribution is -2.48. The Kier molecular flexibility index (Phi) is 4.94. The van der Waals surface area contributed by atoms with Crippen LogP contribution in [0.1, 0.15) is 34.6 Å². The number of aliphatic hydroxyl groups is 1. The number of anilines is 1. The van der Waals surface area contributed by atoms with E-state index in [9.17, 15) is 23.1 Å². The SMILES string of the molecule is Cc1cc(CO)nc2c1CN(C(=O)CC1CN(c3ccnc(C(F)(F)F)c3)C1)C2. The molecule has 2 aliphatic rings. The van der Waals surface area contributed by atoms with E-state index < -0.39 is 11.9 Å². The van der Waals surface area contributed by atoms with Crippen LogP contribution in [-0.4, -0.2) is 39.0 Å². The Morgan fingerprint density at radius 2 is 2.03 bits per heavy atom. The monoisotopic (exact) mass is 406 g/mol. The highest BCUT2D eigenvalue weighted by atomic mass is 19.4. The summed E-state index contributed by atoms with van der Waals surface area (Å²) in [5.41, 5.74) is 3.04. The summed E-state index contributed by atoms with van der Waals surface area (Å²) in [6, 6.07) is 4.43. The van der Waals surface area contributed by atoms with Crippen molar-refractivity contribution in [2.24, 2.45) is 5.92 Å². The topological polar surface area (TPSA) is 69.6 Å². The summed E-state index contributed by atoms with van der Waals surface area (Å²) in [7, 11) is 0. The third-order valence-electron chi connectivity index (χ3n) is 5.51. The molecule has 2 aliphatic heterocycles. The number of aryl methyl sites for hydroxylation is 1. The lowest BCUT2D eigenvalue weighted by atomic mass is 9.95. The third-order valence-corrected chi connectivity index (χ3v) is 5.51. The molecular formula is C20H21F3N4O2. The predicted octanol–water partition coefficient (Wildman–Crippen LogP) is 2.66. The van der Waals surface area contributed by atoms with Crippen LogP contribution < -0.4 is 4.90 Å². The summed E-state index contributed by atoms with van der Waals surface area (Å²) in [5.74, 6) is 0.124. The van der Waals surface area contributed by atoms with Crippen molar-refractivity contribution in [1.82, 2.24) is 14.9 Å². The molecule has 1 fully saturated rings. The van der Waals surface area contributed by atoms with Gasteiger partial charge < -0.3 is 14.9 Å². The summed E-state index contributed by atoms with van der Waals surface area (Å²) >= 11 is 0. The maximum atomic E-state index is 12.8. The van der Waals surface area contributed by atoms with E-state index >= 15 is 0 Å². The highest BCUT2D eigenvalue weighted by Gasteiger charge is 2.36. The molecule has 4 heterocycles. The van der Waals surface area contributed by atoms with Gasteiger partial charge in [0, 0.05) is 43.9 Å². The molecule has 0 aliphatic carbocycles. The van der Waals surface area contributed by atoms with Crippen molar-refractivity contribution < 1.29 is 23.1 Å². The van der Waals surface area contributed by atoms with Gasteiger partial charge in [-0.1, -0.05) is 0 Å². The smallest absolute Gasteiger partial charge is 0.390 e. The van der Waals surface area contributed by atoms with Crippen LogP contribution in [0.25, 0.3) is 0 Å². The number of nitrogens with zero attached hydrogens (tertiary/aromatic N) is 4. The Morgan fingerprint density at radius 3 is 2.72 bits per heavy atom. The quantitative estimate of drug-likeness (QED) is 0.846. The van der Waals surface area contributed by atoms with E-state index in [1.54, 1.807) is 11.0 Å². The number of carbonyl (C=O) groups is 1. The van der Waals surface area contributed by atoms with Gasteiger partial charge in [-0.2, -0.15) is 13.2 Å². The predicted molar refractivity (Wildman–Crippen MR) is 98.7 cm³/mol. The molecule has 2 aromatic heterocycles. The van der Waals surface area contributed by atoms with Gasteiger partial charge in [-0.05, 0) is 36.2 Å². The van der Waals surface area contributed by atoms with Gasteiger partial charge in [-0.3, -0.25) is 14.8 Å². The number of alkyl halides is 3.